The Kier molecular flexibility index (Phi) is 3.48. The molecular formula is C10H20F2N2. The second kappa shape index (κ2) is 4.11. The molecule has 0 bridgehead atoms. The Hall–Kier alpha value is -0.220. The predicted molar refractivity (Wildman–Crippen MR) is 53.7 cm³/mol. The molecule has 0 spiro atoms. The van der Waals surface area contributed by atoms with Gasteiger partial charge in [0.25, 0.3) is 5.92 Å². The largest absolute Gasteiger partial charge is 0.308 e. The van der Waals surface area contributed by atoms with E-state index in [0.717, 1.165) is 0 Å². The van der Waals surface area contributed by atoms with Crippen LogP contribution in [0.1, 0.15) is 20.3 Å². The van der Waals surface area contributed by atoms with E-state index in [1.165, 1.54) is 0 Å². The highest BCUT2D eigenvalue weighted by atomic mass is 19.3. The molecule has 1 fully saturated rings. The molecule has 84 valence electrons. The van der Waals surface area contributed by atoms with Gasteiger partial charge in [0.05, 0.1) is 6.54 Å². The summed E-state index contributed by atoms with van der Waals surface area (Å²) in [6.07, 6.45) is 0.00333. The number of hydrogen-bond acceptors (Lipinski definition) is 2. The predicted octanol–water partition coefficient (Wildman–Crippen LogP) is 1.67. The Labute approximate surface area is 84.9 Å². The Morgan fingerprint density at radius 2 is 2.00 bits per heavy atom. The maximum absolute atomic E-state index is 13.2. The first kappa shape index (κ1) is 11.9. The van der Waals surface area contributed by atoms with Gasteiger partial charge in [-0.05, 0) is 27.9 Å². The topological polar surface area (TPSA) is 6.48 Å². The fourth-order valence-electron chi connectivity index (χ4n) is 2.12. The summed E-state index contributed by atoms with van der Waals surface area (Å²) >= 11 is 0. The number of rotatable bonds is 3. The van der Waals surface area contributed by atoms with E-state index in [1.807, 2.05) is 37.7 Å². The van der Waals surface area contributed by atoms with E-state index in [4.69, 9.17) is 0 Å². The summed E-state index contributed by atoms with van der Waals surface area (Å²) in [5, 5.41) is 0. The maximum atomic E-state index is 13.2. The van der Waals surface area contributed by atoms with Crippen LogP contribution in [0.3, 0.4) is 0 Å². The molecule has 0 unspecified atom stereocenters. The van der Waals surface area contributed by atoms with E-state index in [1.54, 1.807) is 0 Å². The van der Waals surface area contributed by atoms with Crippen molar-refractivity contribution in [2.75, 3.05) is 27.2 Å². The molecule has 1 aliphatic rings. The SMILES string of the molecule is CC(C)N1CC(F)(F)C[C@@H]1CN(C)C. The lowest BCUT2D eigenvalue weighted by Crippen LogP contribution is -2.41. The summed E-state index contributed by atoms with van der Waals surface area (Å²) in [6, 6.07) is 0.202. The minimum atomic E-state index is -2.50. The molecule has 1 heterocycles. The Balaban J connectivity index is 2.63. The third-order valence-corrected chi connectivity index (χ3v) is 2.66. The number of likely N-dealkylation sites (tertiary alicyclic amines) is 1. The van der Waals surface area contributed by atoms with E-state index in [2.05, 4.69) is 0 Å². The number of hydrogen-bond donors (Lipinski definition) is 0. The van der Waals surface area contributed by atoms with Gasteiger partial charge in [-0.1, -0.05) is 0 Å². The average molecular weight is 206 g/mol. The molecule has 1 rings (SSSR count). The number of likely N-dealkylation sites (N-methyl/N-ethyl adjacent to an activating group) is 1. The molecule has 2 nitrogen and oxygen atoms in total. The fraction of sp³-hybridized carbons (Fsp3) is 1.00. The average Bonchev–Trinajstić information content (AvgIpc) is 2.24. The molecule has 0 N–H and O–H groups in total. The van der Waals surface area contributed by atoms with Gasteiger partial charge in [-0.15, -0.1) is 0 Å². The highest BCUT2D eigenvalue weighted by molar-refractivity contribution is 4.92. The van der Waals surface area contributed by atoms with Gasteiger partial charge < -0.3 is 4.90 Å². The van der Waals surface area contributed by atoms with E-state index >= 15 is 0 Å². The molecule has 1 atom stereocenters. The van der Waals surface area contributed by atoms with Crippen LogP contribution < -0.4 is 0 Å². The highest BCUT2D eigenvalue weighted by Crippen LogP contribution is 2.33. The van der Waals surface area contributed by atoms with Crippen LogP contribution >= 0.6 is 0 Å². The van der Waals surface area contributed by atoms with Crippen molar-refractivity contribution in [2.45, 2.75) is 38.3 Å². The van der Waals surface area contributed by atoms with E-state index in [0.29, 0.717) is 6.54 Å². The van der Waals surface area contributed by atoms with Crippen LogP contribution in [0.2, 0.25) is 0 Å². The normalized spacial score (nSPS) is 27.9. The Bertz CT molecular complexity index is 193. The van der Waals surface area contributed by atoms with Crippen molar-refractivity contribution in [3.63, 3.8) is 0 Å². The van der Waals surface area contributed by atoms with Crippen molar-refractivity contribution < 1.29 is 8.78 Å². The molecule has 0 aliphatic carbocycles. The molecule has 14 heavy (non-hydrogen) atoms. The minimum absolute atomic E-state index is 0.000000000000000666. The molecule has 0 aromatic carbocycles. The molecule has 0 aromatic heterocycles. The quantitative estimate of drug-likeness (QED) is 0.693. The first-order valence-electron chi connectivity index (χ1n) is 5.10. The van der Waals surface area contributed by atoms with Crippen molar-refractivity contribution in [1.29, 1.82) is 0 Å². The van der Waals surface area contributed by atoms with Crippen LogP contribution in [0.5, 0.6) is 0 Å². The zero-order valence-electron chi connectivity index (χ0n) is 9.43. The summed E-state index contributed by atoms with van der Waals surface area (Å²) in [4.78, 5) is 3.88. The van der Waals surface area contributed by atoms with Crippen molar-refractivity contribution in [1.82, 2.24) is 9.80 Å². The standard InChI is InChI=1S/C10H20F2N2/c1-8(2)14-7-10(11,12)5-9(14)6-13(3)4/h8-9H,5-7H2,1-4H3/t9-/m1/s1. The second-order valence-corrected chi connectivity index (χ2v) is 4.74. The van der Waals surface area contributed by atoms with Crippen molar-refractivity contribution in [2.24, 2.45) is 0 Å². The molecule has 0 radical (unpaired) electrons. The lowest BCUT2D eigenvalue weighted by atomic mass is 10.1. The van der Waals surface area contributed by atoms with Gasteiger partial charge in [-0.3, -0.25) is 4.90 Å². The van der Waals surface area contributed by atoms with Gasteiger partial charge >= 0.3 is 0 Å². The lowest BCUT2D eigenvalue weighted by molar-refractivity contribution is 0.00917. The summed E-state index contributed by atoms with van der Waals surface area (Å²) in [5.41, 5.74) is 0. The maximum Gasteiger partial charge on any atom is 0.262 e. The van der Waals surface area contributed by atoms with Gasteiger partial charge in [0, 0.05) is 25.0 Å². The highest BCUT2D eigenvalue weighted by Gasteiger charge is 2.45. The van der Waals surface area contributed by atoms with E-state index in [-0.39, 0.29) is 25.0 Å². The summed E-state index contributed by atoms with van der Waals surface area (Å²) in [7, 11) is 3.85. The summed E-state index contributed by atoms with van der Waals surface area (Å²) in [5.74, 6) is -2.50. The molecule has 0 amide bonds. The van der Waals surface area contributed by atoms with E-state index < -0.39 is 5.92 Å². The Morgan fingerprint density at radius 3 is 2.43 bits per heavy atom. The van der Waals surface area contributed by atoms with Crippen LogP contribution in [0.15, 0.2) is 0 Å². The first-order chi connectivity index (χ1) is 6.32. The van der Waals surface area contributed by atoms with Gasteiger partial charge in [0.1, 0.15) is 0 Å². The molecule has 0 saturated carbocycles. The number of nitrogens with zero attached hydrogens (tertiary/aromatic N) is 2. The summed E-state index contributed by atoms with van der Waals surface area (Å²) < 4.78 is 26.4. The van der Waals surface area contributed by atoms with Crippen LogP contribution in [0.25, 0.3) is 0 Å². The van der Waals surface area contributed by atoms with Crippen molar-refractivity contribution in [3.8, 4) is 0 Å². The van der Waals surface area contributed by atoms with Crippen molar-refractivity contribution in [3.05, 3.63) is 0 Å². The Morgan fingerprint density at radius 1 is 1.43 bits per heavy atom. The zero-order chi connectivity index (χ0) is 10.9. The van der Waals surface area contributed by atoms with Crippen LogP contribution in [0.4, 0.5) is 8.78 Å². The van der Waals surface area contributed by atoms with Gasteiger partial charge in [0.15, 0.2) is 0 Å². The second-order valence-electron chi connectivity index (χ2n) is 4.74. The minimum Gasteiger partial charge on any atom is -0.308 e. The van der Waals surface area contributed by atoms with Crippen LogP contribution in [-0.2, 0) is 0 Å². The van der Waals surface area contributed by atoms with Gasteiger partial charge in [-0.25, -0.2) is 8.78 Å². The smallest absolute Gasteiger partial charge is 0.262 e. The summed E-state index contributed by atoms with van der Waals surface area (Å²) in [6.45, 7) is 4.59. The van der Waals surface area contributed by atoms with E-state index in [9.17, 15) is 8.78 Å². The molecule has 0 aromatic rings. The molecular weight excluding hydrogens is 186 g/mol. The number of halogens is 2. The van der Waals surface area contributed by atoms with Gasteiger partial charge in [-0.2, -0.15) is 0 Å². The lowest BCUT2D eigenvalue weighted by Gasteiger charge is -2.29. The third kappa shape index (κ3) is 2.89. The fourth-order valence-corrected chi connectivity index (χ4v) is 2.12. The zero-order valence-corrected chi connectivity index (χ0v) is 9.43. The monoisotopic (exact) mass is 206 g/mol. The first-order valence-corrected chi connectivity index (χ1v) is 5.10. The van der Waals surface area contributed by atoms with Crippen LogP contribution in [-0.4, -0.2) is 55.0 Å². The molecule has 1 aliphatic heterocycles. The van der Waals surface area contributed by atoms with Gasteiger partial charge in [0.2, 0.25) is 0 Å². The van der Waals surface area contributed by atoms with Crippen LogP contribution in [0, 0.1) is 0 Å². The molecule has 4 heteroatoms. The third-order valence-electron chi connectivity index (χ3n) is 2.66. The van der Waals surface area contributed by atoms with Crippen molar-refractivity contribution >= 4 is 0 Å². The molecule has 1 saturated heterocycles. The number of alkyl halides is 2.